The number of aryl methyl sites for hydroxylation is 1. The highest BCUT2D eigenvalue weighted by Crippen LogP contribution is 2.22. The van der Waals surface area contributed by atoms with Crippen LogP contribution < -0.4 is 9.47 Å². The minimum absolute atomic E-state index is 0.00175. The van der Waals surface area contributed by atoms with Gasteiger partial charge in [-0.1, -0.05) is 23.4 Å². The van der Waals surface area contributed by atoms with Crippen molar-refractivity contribution in [2.45, 2.75) is 18.7 Å². The average molecular weight is 404 g/mol. The van der Waals surface area contributed by atoms with Crippen molar-refractivity contribution in [1.82, 2.24) is 15.2 Å². The summed E-state index contributed by atoms with van der Waals surface area (Å²) in [6, 6.07) is 12.5. The van der Waals surface area contributed by atoms with Gasteiger partial charge >= 0.3 is 0 Å². The second-order valence-electron chi connectivity index (χ2n) is 5.70. The van der Waals surface area contributed by atoms with Crippen LogP contribution in [0, 0.1) is 6.92 Å². The summed E-state index contributed by atoms with van der Waals surface area (Å²) >= 11 is 7.27. The predicted molar refractivity (Wildman–Crippen MR) is 105 cm³/mol. The number of aromatic amines is 1. The first-order chi connectivity index (χ1) is 13.0. The predicted octanol–water partition coefficient (Wildman–Crippen LogP) is 4.33. The molecule has 27 heavy (non-hydrogen) atoms. The van der Waals surface area contributed by atoms with Crippen molar-refractivity contribution in [2.75, 3.05) is 12.9 Å². The van der Waals surface area contributed by atoms with E-state index in [-0.39, 0.29) is 18.1 Å². The van der Waals surface area contributed by atoms with Gasteiger partial charge in [0.15, 0.2) is 11.6 Å². The zero-order chi connectivity index (χ0) is 19.2. The molecule has 0 saturated carbocycles. The molecule has 2 aromatic carbocycles. The molecule has 1 heterocycles. The fourth-order valence-electron chi connectivity index (χ4n) is 2.26. The van der Waals surface area contributed by atoms with E-state index in [4.69, 9.17) is 21.1 Å². The van der Waals surface area contributed by atoms with Gasteiger partial charge in [0.2, 0.25) is 5.16 Å². The Hall–Kier alpha value is -2.51. The number of aromatic nitrogens is 3. The largest absolute Gasteiger partial charge is 0.497 e. The number of Topliss-reactive ketones (excluding diaryl/α,β-unsaturated/α-hetero) is 1. The van der Waals surface area contributed by atoms with Gasteiger partial charge in [0, 0.05) is 10.6 Å². The average Bonchev–Trinajstić information content (AvgIpc) is 3.15. The standard InChI is InChI=1S/C19H18ClN3O3S/c1-12-9-15(7-8-16(12)20)26-10-18-21-19(23-22-18)27-11-17(24)13-3-5-14(25-2)6-4-13/h3-9H,10-11H2,1-2H3,(H,21,22,23). The molecule has 8 heteroatoms. The van der Waals surface area contributed by atoms with E-state index in [1.165, 1.54) is 11.8 Å². The quantitative estimate of drug-likeness (QED) is 0.445. The molecule has 140 valence electrons. The third-order valence-corrected chi connectivity index (χ3v) is 5.03. The van der Waals surface area contributed by atoms with Crippen LogP contribution in [0.2, 0.25) is 5.02 Å². The molecule has 0 fully saturated rings. The molecular weight excluding hydrogens is 386 g/mol. The first-order valence-corrected chi connectivity index (χ1v) is 9.52. The van der Waals surface area contributed by atoms with Crippen LogP contribution in [-0.4, -0.2) is 33.8 Å². The number of thioether (sulfide) groups is 1. The number of ketones is 1. The highest BCUT2D eigenvalue weighted by molar-refractivity contribution is 7.99. The first-order valence-electron chi connectivity index (χ1n) is 8.15. The molecule has 0 aliphatic heterocycles. The molecule has 6 nitrogen and oxygen atoms in total. The molecule has 0 amide bonds. The molecule has 0 unspecified atom stereocenters. The van der Waals surface area contributed by atoms with Gasteiger partial charge < -0.3 is 9.47 Å². The van der Waals surface area contributed by atoms with Crippen molar-refractivity contribution in [3.63, 3.8) is 0 Å². The van der Waals surface area contributed by atoms with E-state index < -0.39 is 0 Å². The zero-order valence-electron chi connectivity index (χ0n) is 14.9. The number of methoxy groups -OCH3 is 1. The number of H-pyrrole nitrogens is 1. The fraction of sp³-hybridized carbons (Fsp3) is 0.211. The minimum Gasteiger partial charge on any atom is -0.497 e. The van der Waals surface area contributed by atoms with Gasteiger partial charge in [-0.05, 0) is 55.0 Å². The Labute approximate surface area is 166 Å². The molecule has 3 rings (SSSR count). The van der Waals surface area contributed by atoms with Crippen LogP contribution in [0.4, 0.5) is 0 Å². The number of ether oxygens (including phenoxy) is 2. The number of halogens is 1. The molecule has 1 N–H and O–H groups in total. The number of hydrogen-bond acceptors (Lipinski definition) is 6. The molecule has 0 aliphatic carbocycles. The van der Waals surface area contributed by atoms with Crippen LogP contribution in [0.3, 0.4) is 0 Å². The molecule has 0 radical (unpaired) electrons. The topological polar surface area (TPSA) is 77.1 Å². The van der Waals surface area contributed by atoms with Crippen LogP contribution in [0.1, 0.15) is 21.7 Å². The fourth-order valence-corrected chi connectivity index (χ4v) is 3.09. The lowest BCUT2D eigenvalue weighted by molar-refractivity contribution is 0.102. The number of benzene rings is 2. The summed E-state index contributed by atoms with van der Waals surface area (Å²) in [7, 11) is 1.59. The Kier molecular flexibility index (Phi) is 6.36. The van der Waals surface area contributed by atoms with Crippen molar-refractivity contribution >= 4 is 29.1 Å². The van der Waals surface area contributed by atoms with Gasteiger partial charge in [-0.15, -0.1) is 5.10 Å². The van der Waals surface area contributed by atoms with E-state index in [1.54, 1.807) is 43.5 Å². The highest BCUT2D eigenvalue weighted by atomic mass is 35.5. The third kappa shape index (κ3) is 5.24. The first kappa shape index (κ1) is 19.3. The Balaban J connectivity index is 1.51. The number of hydrogen-bond donors (Lipinski definition) is 1. The summed E-state index contributed by atoms with van der Waals surface area (Å²) in [6.45, 7) is 2.17. The lowest BCUT2D eigenvalue weighted by atomic mass is 10.1. The Morgan fingerprint density at radius 2 is 1.93 bits per heavy atom. The van der Waals surface area contributed by atoms with Crippen molar-refractivity contribution in [2.24, 2.45) is 0 Å². The van der Waals surface area contributed by atoms with Gasteiger partial charge in [-0.25, -0.2) is 4.98 Å². The van der Waals surface area contributed by atoms with Gasteiger partial charge in [0.05, 0.1) is 12.9 Å². The van der Waals surface area contributed by atoms with E-state index >= 15 is 0 Å². The van der Waals surface area contributed by atoms with E-state index in [1.807, 2.05) is 13.0 Å². The van der Waals surface area contributed by atoms with E-state index in [9.17, 15) is 4.79 Å². The lowest BCUT2D eigenvalue weighted by Gasteiger charge is -2.05. The maximum Gasteiger partial charge on any atom is 0.208 e. The Morgan fingerprint density at radius 1 is 1.19 bits per heavy atom. The van der Waals surface area contributed by atoms with Gasteiger partial charge in [0.1, 0.15) is 18.1 Å². The third-order valence-electron chi connectivity index (χ3n) is 3.76. The molecule has 0 atom stereocenters. The van der Waals surface area contributed by atoms with Crippen LogP contribution >= 0.6 is 23.4 Å². The number of carbonyl (C=O) groups excluding carboxylic acids is 1. The maximum atomic E-state index is 12.2. The van der Waals surface area contributed by atoms with Crippen LogP contribution in [0.25, 0.3) is 0 Å². The number of carbonyl (C=O) groups is 1. The molecular formula is C19H18ClN3O3S. The number of nitrogens with zero attached hydrogens (tertiary/aromatic N) is 2. The summed E-state index contributed by atoms with van der Waals surface area (Å²) < 4.78 is 10.8. The molecule has 0 bridgehead atoms. The summed E-state index contributed by atoms with van der Waals surface area (Å²) in [4.78, 5) is 16.6. The Bertz CT molecular complexity index is 928. The van der Waals surface area contributed by atoms with E-state index in [0.717, 1.165) is 5.56 Å². The van der Waals surface area contributed by atoms with Gasteiger partial charge in [-0.2, -0.15) is 0 Å². The van der Waals surface area contributed by atoms with Crippen molar-refractivity contribution < 1.29 is 14.3 Å². The number of nitrogens with one attached hydrogen (secondary N) is 1. The van der Waals surface area contributed by atoms with Gasteiger partial charge in [0.25, 0.3) is 0 Å². The Morgan fingerprint density at radius 3 is 2.63 bits per heavy atom. The monoisotopic (exact) mass is 403 g/mol. The smallest absolute Gasteiger partial charge is 0.208 e. The second-order valence-corrected chi connectivity index (χ2v) is 7.05. The maximum absolute atomic E-state index is 12.2. The molecule has 0 saturated heterocycles. The molecule has 0 spiro atoms. The summed E-state index contributed by atoms with van der Waals surface area (Å²) in [5.74, 6) is 2.26. The van der Waals surface area contributed by atoms with E-state index in [0.29, 0.717) is 33.1 Å². The highest BCUT2D eigenvalue weighted by Gasteiger charge is 2.10. The number of rotatable bonds is 8. The molecule has 1 aromatic heterocycles. The normalized spacial score (nSPS) is 10.6. The minimum atomic E-state index is 0.00175. The molecule has 3 aromatic rings. The summed E-state index contributed by atoms with van der Waals surface area (Å²) in [5.41, 5.74) is 1.57. The SMILES string of the molecule is COc1ccc(C(=O)CSc2n[nH]c(COc3ccc(Cl)c(C)c3)n2)cc1. The van der Waals surface area contributed by atoms with E-state index in [2.05, 4.69) is 15.2 Å². The molecule has 0 aliphatic rings. The zero-order valence-corrected chi connectivity index (χ0v) is 16.4. The van der Waals surface area contributed by atoms with Crippen LogP contribution in [0.5, 0.6) is 11.5 Å². The van der Waals surface area contributed by atoms with Crippen molar-refractivity contribution in [1.29, 1.82) is 0 Å². The van der Waals surface area contributed by atoms with Crippen molar-refractivity contribution in [3.8, 4) is 11.5 Å². The van der Waals surface area contributed by atoms with Crippen LogP contribution in [0.15, 0.2) is 47.6 Å². The summed E-state index contributed by atoms with van der Waals surface area (Å²) in [5, 5.41) is 8.13. The second kappa shape index (κ2) is 8.92. The van der Waals surface area contributed by atoms with Gasteiger partial charge in [-0.3, -0.25) is 9.89 Å². The van der Waals surface area contributed by atoms with Crippen LogP contribution in [-0.2, 0) is 6.61 Å². The summed E-state index contributed by atoms with van der Waals surface area (Å²) in [6.07, 6.45) is 0. The lowest BCUT2D eigenvalue weighted by Crippen LogP contribution is -2.02. The van der Waals surface area contributed by atoms with Crippen molar-refractivity contribution in [3.05, 3.63) is 64.4 Å².